The SMILES string of the molecule is CNCCOCCc1cc2c(cc1Cl)OCCCO2. The lowest BCUT2D eigenvalue weighted by Gasteiger charge is -2.11. The van der Waals surface area contributed by atoms with Gasteiger partial charge in [0.1, 0.15) is 0 Å². The van der Waals surface area contributed by atoms with Gasteiger partial charge in [-0.3, -0.25) is 0 Å². The van der Waals surface area contributed by atoms with Crippen LogP contribution in [0.4, 0.5) is 0 Å². The molecular weight excluding hydrogens is 266 g/mol. The molecule has 1 aromatic rings. The van der Waals surface area contributed by atoms with Crippen molar-refractivity contribution in [1.82, 2.24) is 5.32 Å². The zero-order valence-electron chi connectivity index (χ0n) is 11.2. The van der Waals surface area contributed by atoms with E-state index in [0.717, 1.165) is 36.4 Å². The molecule has 1 aliphatic heterocycles. The molecule has 5 heteroatoms. The number of halogens is 1. The second-order valence-electron chi connectivity index (χ2n) is 4.41. The van der Waals surface area contributed by atoms with Crippen LogP contribution < -0.4 is 14.8 Å². The summed E-state index contributed by atoms with van der Waals surface area (Å²) in [5.74, 6) is 1.52. The molecule has 4 nitrogen and oxygen atoms in total. The Labute approximate surface area is 119 Å². The van der Waals surface area contributed by atoms with Crippen LogP contribution in [-0.2, 0) is 11.2 Å². The van der Waals surface area contributed by atoms with Crippen LogP contribution in [0, 0.1) is 0 Å². The summed E-state index contributed by atoms with van der Waals surface area (Å²) in [5.41, 5.74) is 1.04. The van der Waals surface area contributed by atoms with E-state index in [1.54, 1.807) is 0 Å². The summed E-state index contributed by atoms with van der Waals surface area (Å²) in [7, 11) is 1.91. The maximum atomic E-state index is 6.25. The van der Waals surface area contributed by atoms with Crippen molar-refractivity contribution in [3.63, 3.8) is 0 Å². The van der Waals surface area contributed by atoms with Crippen molar-refractivity contribution in [1.29, 1.82) is 0 Å². The first kappa shape index (κ1) is 14.4. The van der Waals surface area contributed by atoms with Crippen molar-refractivity contribution in [2.75, 3.05) is 40.0 Å². The van der Waals surface area contributed by atoms with Gasteiger partial charge in [0.15, 0.2) is 11.5 Å². The standard InChI is InChI=1S/C14H20ClNO3/c1-16-4-8-17-7-3-11-9-13-14(10-12(11)15)19-6-2-5-18-13/h9-10,16H,2-8H2,1H3. The zero-order valence-corrected chi connectivity index (χ0v) is 12.0. The minimum absolute atomic E-state index is 0.654. The van der Waals surface area contributed by atoms with Gasteiger partial charge in [-0.15, -0.1) is 0 Å². The van der Waals surface area contributed by atoms with Gasteiger partial charge in [0.25, 0.3) is 0 Å². The minimum atomic E-state index is 0.654. The number of hydrogen-bond donors (Lipinski definition) is 1. The molecule has 1 N–H and O–H groups in total. The van der Waals surface area contributed by atoms with Crippen molar-refractivity contribution in [3.8, 4) is 11.5 Å². The summed E-state index contributed by atoms with van der Waals surface area (Å²) in [6.45, 7) is 3.58. The maximum absolute atomic E-state index is 6.25. The lowest BCUT2D eigenvalue weighted by atomic mass is 10.1. The van der Waals surface area contributed by atoms with Gasteiger partial charge >= 0.3 is 0 Å². The molecule has 0 atom stereocenters. The van der Waals surface area contributed by atoms with Crippen molar-refractivity contribution in [2.45, 2.75) is 12.8 Å². The Bertz CT molecular complexity index is 412. The minimum Gasteiger partial charge on any atom is -0.490 e. The van der Waals surface area contributed by atoms with Gasteiger partial charge in [0.05, 0.1) is 26.4 Å². The van der Waals surface area contributed by atoms with Crippen LogP contribution in [0.1, 0.15) is 12.0 Å². The lowest BCUT2D eigenvalue weighted by molar-refractivity contribution is 0.140. The number of rotatable bonds is 6. The fraction of sp³-hybridized carbons (Fsp3) is 0.571. The molecule has 1 heterocycles. The average Bonchev–Trinajstić information content (AvgIpc) is 2.63. The fourth-order valence-electron chi connectivity index (χ4n) is 1.88. The molecule has 0 saturated carbocycles. The molecule has 1 aromatic carbocycles. The molecule has 0 fully saturated rings. The third-order valence-electron chi connectivity index (χ3n) is 2.93. The van der Waals surface area contributed by atoms with Crippen molar-refractivity contribution >= 4 is 11.6 Å². The van der Waals surface area contributed by atoms with Crippen molar-refractivity contribution in [3.05, 3.63) is 22.7 Å². The van der Waals surface area contributed by atoms with Gasteiger partial charge in [0.2, 0.25) is 0 Å². The number of fused-ring (bicyclic) bond motifs is 1. The van der Waals surface area contributed by atoms with E-state index in [1.807, 2.05) is 19.2 Å². The highest BCUT2D eigenvalue weighted by Crippen LogP contribution is 2.35. The molecule has 0 aliphatic carbocycles. The lowest BCUT2D eigenvalue weighted by Crippen LogP contribution is -2.15. The molecule has 19 heavy (non-hydrogen) atoms. The molecule has 0 aromatic heterocycles. The second-order valence-corrected chi connectivity index (χ2v) is 4.81. The topological polar surface area (TPSA) is 39.7 Å². The first-order valence-corrected chi connectivity index (χ1v) is 6.99. The number of hydrogen-bond acceptors (Lipinski definition) is 4. The van der Waals surface area contributed by atoms with E-state index in [0.29, 0.717) is 31.5 Å². The molecule has 0 bridgehead atoms. The van der Waals surface area contributed by atoms with Gasteiger partial charge in [-0.25, -0.2) is 0 Å². The Balaban J connectivity index is 1.95. The predicted molar refractivity (Wildman–Crippen MR) is 75.5 cm³/mol. The van der Waals surface area contributed by atoms with Gasteiger partial charge in [0, 0.05) is 24.1 Å². The van der Waals surface area contributed by atoms with Gasteiger partial charge in [-0.2, -0.15) is 0 Å². The Morgan fingerprint density at radius 3 is 2.68 bits per heavy atom. The number of benzene rings is 1. The molecule has 0 amide bonds. The first-order chi connectivity index (χ1) is 9.31. The van der Waals surface area contributed by atoms with E-state index in [4.69, 9.17) is 25.8 Å². The molecule has 1 aliphatic rings. The zero-order chi connectivity index (χ0) is 13.5. The van der Waals surface area contributed by atoms with Crippen LogP contribution in [0.25, 0.3) is 0 Å². The molecular formula is C14H20ClNO3. The normalized spacial score (nSPS) is 14.2. The van der Waals surface area contributed by atoms with Crippen LogP contribution in [0.2, 0.25) is 5.02 Å². The molecule has 0 spiro atoms. The van der Waals surface area contributed by atoms with Crippen LogP contribution in [0.5, 0.6) is 11.5 Å². The van der Waals surface area contributed by atoms with E-state index in [-0.39, 0.29) is 0 Å². The largest absolute Gasteiger partial charge is 0.490 e. The molecule has 0 unspecified atom stereocenters. The Hall–Kier alpha value is -0.970. The van der Waals surface area contributed by atoms with E-state index < -0.39 is 0 Å². The van der Waals surface area contributed by atoms with E-state index in [9.17, 15) is 0 Å². The van der Waals surface area contributed by atoms with Crippen LogP contribution in [-0.4, -0.2) is 40.0 Å². The highest BCUT2D eigenvalue weighted by molar-refractivity contribution is 6.31. The fourth-order valence-corrected chi connectivity index (χ4v) is 2.12. The Morgan fingerprint density at radius 2 is 1.95 bits per heavy atom. The summed E-state index contributed by atoms with van der Waals surface area (Å²) in [6.07, 6.45) is 1.67. The van der Waals surface area contributed by atoms with E-state index in [1.165, 1.54) is 0 Å². The molecule has 0 saturated heterocycles. The highest BCUT2D eigenvalue weighted by atomic mass is 35.5. The number of ether oxygens (including phenoxy) is 3. The van der Waals surface area contributed by atoms with E-state index >= 15 is 0 Å². The second kappa shape index (κ2) is 7.58. The van der Waals surface area contributed by atoms with Gasteiger partial charge in [-0.1, -0.05) is 11.6 Å². The highest BCUT2D eigenvalue weighted by Gasteiger charge is 2.13. The predicted octanol–water partition coefficient (Wildman–Crippen LogP) is 2.28. The first-order valence-electron chi connectivity index (χ1n) is 6.61. The summed E-state index contributed by atoms with van der Waals surface area (Å²) in [5, 5.41) is 3.75. The summed E-state index contributed by atoms with van der Waals surface area (Å²) < 4.78 is 16.8. The number of nitrogens with one attached hydrogen (secondary N) is 1. The third-order valence-corrected chi connectivity index (χ3v) is 3.28. The van der Waals surface area contributed by atoms with Gasteiger partial charge < -0.3 is 19.5 Å². The van der Waals surface area contributed by atoms with Crippen molar-refractivity contribution in [2.24, 2.45) is 0 Å². The summed E-state index contributed by atoms with van der Waals surface area (Å²) >= 11 is 6.25. The summed E-state index contributed by atoms with van der Waals surface area (Å²) in [6, 6.07) is 3.80. The smallest absolute Gasteiger partial charge is 0.162 e. The number of likely N-dealkylation sites (N-methyl/N-ethyl adjacent to an activating group) is 1. The van der Waals surface area contributed by atoms with Crippen molar-refractivity contribution < 1.29 is 14.2 Å². The van der Waals surface area contributed by atoms with Crippen LogP contribution in [0.3, 0.4) is 0 Å². The van der Waals surface area contributed by atoms with Crippen LogP contribution in [0.15, 0.2) is 12.1 Å². The Morgan fingerprint density at radius 1 is 1.21 bits per heavy atom. The van der Waals surface area contributed by atoms with E-state index in [2.05, 4.69) is 5.32 Å². The molecule has 2 rings (SSSR count). The summed E-state index contributed by atoms with van der Waals surface area (Å²) in [4.78, 5) is 0. The average molecular weight is 286 g/mol. The maximum Gasteiger partial charge on any atom is 0.162 e. The monoisotopic (exact) mass is 285 g/mol. The Kier molecular flexibility index (Phi) is 5.76. The third kappa shape index (κ3) is 4.27. The van der Waals surface area contributed by atoms with Gasteiger partial charge in [-0.05, 0) is 25.1 Å². The van der Waals surface area contributed by atoms with Crippen LogP contribution >= 0.6 is 11.6 Å². The molecule has 0 radical (unpaired) electrons. The molecule has 106 valence electrons. The quantitative estimate of drug-likeness (QED) is 0.814.